The summed E-state index contributed by atoms with van der Waals surface area (Å²) in [5, 5.41) is 0. The van der Waals surface area contributed by atoms with E-state index in [1.807, 2.05) is 0 Å². The molecule has 0 aliphatic heterocycles. The van der Waals surface area contributed by atoms with Crippen LogP contribution in [0.25, 0.3) is 0 Å². The quantitative estimate of drug-likeness (QED) is 0.759. The van der Waals surface area contributed by atoms with Gasteiger partial charge in [0.2, 0.25) is 0 Å². The highest BCUT2D eigenvalue weighted by atomic mass is 35.5. The molecule has 0 aromatic heterocycles. The van der Waals surface area contributed by atoms with Gasteiger partial charge in [-0.25, -0.2) is 8.78 Å². The predicted octanol–water partition coefficient (Wildman–Crippen LogP) is 2.95. The molecular formula is C8H7ClF5N. The van der Waals surface area contributed by atoms with Gasteiger partial charge in [0.05, 0.1) is 0 Å². The van der Waals surface area contributed by atoms with Crippen LogP contribution in [-0.4, -0.2) is 6.18 Å². The number of benzene rings is 1. The van der Waals surface area contributed by atoms with E-state index in [0.717, 1.165) is 6.07 Å². The Balaban J connectivity index is 0.00000196. The number of halogens is 6. The third-order valence-electron chi connectivity index (χ3n) is 1.66. The third kappa shape index (κ3) is 3.32. The maximum Gasteiger partial charge on any atom is 0.407 e. The number of hydrogen-bond donors (Lipinski definition) is 1. The fraction of sp³-hybridized carbons (Fsp3) is 0.250. The summed E-state index contributed by atoms with van der Waals surface area (Å²) in [7, 11) is 0. The fourth-order valence-corrected chi connectivity index (χ4v) is 0.895. The van der Waals surface area contributed by atoms with Crippen molar-refractivity contribution in [1.29, 1.82) is 0 Å². The Kier molecular flexibility index (Phi) is 4.48. The van der Waals surface area contributed by atoms with Crippen LogP contribution in [0.2, 0.25) is 0 Å². The number of alkyl halides is 3. The molecule has 0 bridgehead atoms. The van der Waals surface area contributed by atoms with Crippen LogP contribution in [-0.2, 0) is 0 Å². The van der Waals surface area contributed by atoms with Crippen molar-refractivity contribution in [2.45, 2.75) is 12.2 Å². The lowest BCUT2D eigenvalue weighted by Gasteiger charge is -2.15. The second-order valence-electron chi connectivity index (χ2n) is 2.69. The highest BCUT2D eigenvalue weighted by Gasteiger charge is 2.38. The molecule has 1 rings (SSSR count). The summed E-state index contributed by atoms with van der Waals surface area (Å²) >= 11 is 0. The van der Waals surface area contributed by atoms with E-state index in [0.29, 0.717) is 12.1 Å². The summed E-state index contributed by atoms with van der Waals surface area (Å²) in [6.45, 7) is 0. The van der Waals surface area contributed by atoms with Crippen LogP contribution >= 0.6 is 12.4 Å². The van der Waals surface area contributed by atoms with Gasteiger partial charge in [0.15, 0.2) is 11.6 Å². The summed E-state index contributed by atoms with van der Waals surface area (Å²) < 4.78 is 61.0. The minimum absolute atomic E-state index is 0. The maximum atomic E-state index is 12.5. The summed E-state index contributed by atoms with van der Waals surface area (Å²) in [4.78, 5) is 0. The van der Waals surface area contributed by atoms with E-state index in [1.54, 1.807) is 0 Å². The van der Waals surface area contributed by atoms with Gasteiger partial charge in [-0.15, -0.1) is 12.4 Å². The summed E-state index contributed by atoms with van der Waals surface area (Å²) in [6.07, 6.45) is -4.66. The average molecular weight is 248 g/mol. The second-order valence-corrected chi connectivity index (χ2v) is 2.69. The minimum atomic E-state index is -4.66. The van der Waals surface area contributed by atoms with Crippen LogP contribution in [0.1, 0.15) is 11.6 Å². The van der Waals surface area contributed by atoms with Gasteiger partial charge < -0.3 is 5.73 Å². The van der Waals surface area contributed by atoms with Crippen molar-refractivity contribution in [1.82, 2.24) is 0 Å². The molecule has 0 aliphatic carbocycles. The summed E-state index contributed by atoms with van der Waals surface area (Å²) in [5.74, 6) is -2.55. The zero-order valence-corrected chi connectivity index (χ0v) is 8.00. The zero-order chi connectivity index (χ0) is 10.9. The highest BCUT2D eigenvalue weighted by Crippen LogP contribution is 2.30. The molecule has 1 nitrogen and oxygen atoms in total. The molecule has 1 aromatic carbocycles. The first-order valence-corrected chi connectivity index (χ1v) is 3.59. The molecule has 1 atom stereocenters. The van der Waals surface area contributed by atoms with Crippen molar-refractivity contribution >= 4 is 12.4 Å². The van der Waals surface area contributed by atoms with Crippen LogP contribution in [0.15, 0.2) is 18.2 Å². The van der Waals surface area contributed by atoms with Gasteiger partial charge in [-0.2, -0.15) is 13.2 Å². The Hall–Kier alpha value is -0.880. The summed E-state index contributed by atoms with van der Waals surface area (Å²) in [6, 6.07) is -0.446. The van der Waals surface area contributed by atoms with Crippen molar-refractivity contribution in [2.24, 2.45) is 5.73 Å². The Labute approximate surface area is 88.5 Å². The van der Waals surface area contributed by atoms with Crippen LogP contribution in [0, 0.1) is 11.6 Å². The Morgan fingerprint density at radius 2 is 1.60 bits per heavy atom. The van der Waals surface area contributed by atoms with Crippen molar-refractivity contribution in [3.05, 3.63) is 35.4 Å². The largest absolute Gasteiger partial charge is 0.407 e. The molecule has 0 spiro atoms. The average Bonchev–Trinajstić information content (AvgIpc) is 2.07. The fourth-order valence-electron chi connectivity index (χ4n) is 0.895. The first kappa shape index (κ1) is 14.1. The van der Waals surface area contributed by atoms with E-state index in [4.69, 9.17) is 5.73 Å². The van der Waals surface area contributed by atoms with E-state index in [1.165, 1.54) is 0 Å². The van der Waals surface area contributed by atoms with E-state index in [2.05, 4.69) is 0 Å². The summed E-state index contributed by atoms with van der Waals surface area (Å²) in [5.41, 5.74) is 4.27. The monoisotopic (exact) mass is 247 g/mol. The molecular weight excluding hydrogens is 241 g/mol. The predicted molar refractivity (Wildman–Crippen MR) is 46.6 cm³/mol. The third-order valence-corrected chi connectivity index (χ3v) is 1.66. The number of nitrogens with two attached hydrogens (primary N) is 1. The lowest BCUT2D eigenvalue weighted by atomic mass is 10.1. The lowest BCUT2D eigenvalue weighted by Crippen LogP contribution is -2.28. The van der Waals surface area contributed by atoms with E-state index in [-0.39, 0.29) is 12.4 Å². The molecule has 2 N–H and O–H groups in total. The van der Waals surface area contributed by atoms with Crippen molar-refractivity contribution in [3.63, 3.8) is 0 Å². The Morgan fingerprint density at radius 1 is 1.07 bits per heavy atom. The van der Waals surface area contributed by atoms with Crippen molar-refractivity contribution < 1.29 is 22.0 Å². The maximum absolute atomic E-state index is 12.5. The van der Waals surface area contributed by atoms with Crippen LogP contribution in [0.5, 0.6) is 0 Å². The molecule has 15 heavy (non-hydrogen) atoms. The zero-order valence-electron chi connectivity index (χ0n) is 7.18. The number of rotatable bonds is 1. The molecule has 0 fully saturated rings. The van der Waals surface area contributed by atoms with Crippen LogP contribution in [0.3, 0.4) is 0 Å². The van der Waals surface area contributed by atoms with Crippen LogP contribution < -0.4 is 5.73 Å². The molecule has 7 heteroatoms. The first-order chi connectivity index (χ1) is 6.32. The van der Waals surface area contributed by atoms with Gasteiger partial charge in [0.1, 0.15) is 6.04 Å². The first-order valence-electron chi connectivity index (χ1n) is 3.59. The Bertz CT molecular complexity index is 338. The molecule has 0 aliphatic rings. The molecule has 1 aromatic rings. The van der Waals surface area contributed by atoms with Gasteiger partial charge in [0, 0.05) is 0 Å². The Morgan fingerprint density at radius 3 is 2.00 bits per heavy atom. The van der Waals surface area contributed by atoms with Crippen molar-refractivity contribution in [3.8, 4) is 0 Å². The SMILES string of the molecule is Cl.NC(c1ccc(F)c(F)c1)C(F)(F)F. The van der Waals surface area contributed by atoms with Gasteiger partial charge in [-0.1, -0.05) is 6.07 Å². The van der Waals surface area contributed by atoms with Gasteiger partial charge >= 0.3 is 6.18 Å². The van der Waals surface area contributed by atoms with E-state index >= 15 is 0 Å². The molecule has 0 radical (unpaired) electrons. The molecule has 0 heterocycles. The minimum Gasteiger partial charge on any atom is -0.316 e. The van der Waals surface area contributed by atoms with E-state index in [9.17, 15) is 22.0 Å². The van der Waals surface area contributed by atoms with Crippen LogP contribution in [0.4, 0.5) is 22.0 Å². The highest BCUT2D eigenvalue weighted by molar-refractivity contribution is 5.85. The number of hydrogen-bond acceptors (Lipinski definition) is 1. The smallest absolute Gasteiger partial charge is 0.316 e. The van der Waals surface area contributed by atoms with Gasteiger partial charge in [-0.3, -0.25) is 0 Å². The molecule has 1 unspecified atom stereocenters. The standard InChI is InChI=1S/C8H6F5N.ClH/c9-5-2-1-4(3-6(5)10)7(14)8(11,12)13;/h1-3,7H,14H2;1H. The normalized spacial score (nSPS) is 13.2. The molecule has 0 saturated heterocycles. The molecule has 86 valence electrons. The topological polar surface area (TPSA) is 26.0 Å². The molecule has 0 saturated carbocycles. The van der Waals surface area contributed by atoms with Gasteiger partial charge in [0.25, 0.3) is 0 Å². The van der Waals surface area contributed by atoms with Gasteiger partial charge in [-0.05, 0) is 17.7 Å². The van der Waals surface area contributed by atoms with Crippen molar-refractivity contribution in [2.75, 3.05) is 0 Å². The molecule has 0 amide bonds. The van der Waals surface area contributed by atoms with E-state index < -0.39 is 29.4 Å². The second kappa shape index (κ2) is 4.76. The lowest BCUT2D eigenvalue weighted by molar-refractivity contribution is -0.149.